The molecule has 0 saturated heterocycles. The number of rotatable bonds is 10. The Balaban J connectivity index is 1.55. The van der Waals surface area contributed by atoms with Gasteiger partial charge in [0.05, 0.1) is 31.2 Å². The molecule has 0 N–H and O–H groups in total. The number of benzene rings is 3. The molecule has 0 saturated carbocycles. The van der Waals surface area contributed by atoms with E-state index in [2.05, 4.69) is 19.6 Å². The molecule has 0 unspecified atom stereocenters. The van der Waals surface area contributed by atoms with Gasteiger partial charge in [-0.2, -0.15) is 0 Å². The van der Waals surface area contributed by atoms with E-state index in [0.717, 1.165) is 17.2 Å². The number of carbonyl (C=O) groups excluding carboxylic acids is 2. The second-order valence-electron chi connectivity index (χ2n) is 11.3. The number of methoxy groups -OCH3 is 2. The second kappa shape index (κ2) is 11.3. The Kier molecular flexibility index (Phi) is 7.87. The lowest BCUT2D eigenvalue weighted by Gasteiger charge is -2.27. The summed E-state index contributed by atoms with van der Waals surface area (Å²) < 4.78 is 23.3. The smallest absolute Gasteiger partial charge is 0.261 e. The van der Waals surface area contributed by atoms with Crippen LogP contribution in [0.5, 0.6) is 17.2 Å². The Morgan fingerprint density at radius 1 is 0.900 bits per heavy atom. The summed E-state index contributed by atoms with van der Waals surface area (Å²) >= 11 is 0. The van der Waals surface area contributed by atoms with Crippen molar-refractivity contribution in [2.75, 3.05) is 37.4 Å². The first-order chi connectivity index (χ1) is 19.2. The van der Waals surface area contributed by atoms with Crippen LogP contribution in [-0.2, 0) is 22.6 Å². The summed E-state index contributed by atoms with van der Waals surface area (Å²) in [5.74, 6) is 1.01. The van der Waals surface area contributed by atoms with Gasteiger partial charge in [0.1, 0.15) is 25.1 Å². The van der Waals surface area contributed by atoms with Crippen LogP contribution in [0, 0.1) is 0 Å². The van der Waals surface area contributed by atoms with E-state index in [9.17, 15) is 9.59 Å². The number of anilines is 2. The standard InChI is InChI=1S/C31H36N2O6Si/c1-36-23-12-11-22-15-27-31(35)32(20-38-13-14-40(3,4)5)26-18-29(39-19-21-9-7-6-8-10-21)28(37-2)17-24(26)30(34)33(27)25(22)16-23/h6-12,16-18,27H,13-15,19-20H2,1-5H3/t27-/m0/s1. The average molecular weight is 561 g/mol. The maximum absolute atomic E-state index is 14.2. The van der Waals surface area contributed by atoms with Gasteiger partial charge in [0.2, 0.25) is 0 Å². The molecule has 8 nitrogen and oxygen atoms in total. The van der Waals surface area contributed by atoms with Crippen molar-refractivity contribution < 1.29 is 28.5 Å². The van der Waals surface area contributed by atoms with Gasteiger partial charge in [-0.1, -0.05) is 56.0 Å². The van der Waals surface area contributed by atoms with Gasteiger partial charge in [-0.15, -0.1) is 0 Å². The van der Waals surface area contributed by atoms with E-state index in [-0.39, 0.29) is 18.5 Å². The monoisotopic (exact) mass is 560 g/mol. The molecule has 2 aliphatic heterocycles. The molecule has 40 heavy (non-hydrogen) atoms. The zero-order chi connectivity index (χ0) is 28.4. The number of ether oxygens (including phenoxy) is 4. The molecule has 2 amide bonds. The van der Waals surface area contributed by atoms with Gasteiger partial charge in [-0.25, -0.2) is 0 Å². The number of hydrogen-bond acceptors (Lipinski definition) is 6. The van der Waals surface area contributed by atoms with Crippen LogP contribution in [0.4, 0.5) is 11.4 Å². The molecule has 3 aromatic carbocycles. The van der Waals surface area contributed by atoms with Crippen molar-refractivity contribution >= 4 is 31.3 Å². The van der Waals surface area contributed by atoms with Gasteiger partial charge in [0.15, 0.2) is 11.5 Å². The van der Waals surface area contributed by atoms with E-state index in [1.54, 1.807) is 36.2 Å². The molecule has 0 aliphatic carbocycles. The van der Waals surface area contributed by atoms with Gasteiger partial charge < -0.3 is 18.9 Å². The van der Waals surface area contributed by atoms with E-state index in [0.29, 0.717) is 53.8 Å². The van der Waals surface area contributed by atoms with Crippen LogP contribution in [0.3, 0.4) is 0 Å². The summed E-state index contributed by atoms with van der Waals surface area (Å²) in [6, 6.07) is 19.0. The van der Waals surface area contributed by atoms with Crippen LogP contribution in [0.15, 0.2) is 60.7 Å². The molecule has 0 fully saturated rings. The summed E-state index contributed by atoms with van der Waals surface area (Å²) in [5.41, 5.74) is 3.39. The van der Waals surface area contributed by atoms with E-state index in [1.165, 1.54) is 0 Å². The molecule has 0 bridgehead atoms. The molecular formula is C31H36N2O6Si. The fraction of sp³-hybridized carbons (Fsp3) is 0.355. The van der Waals surface area contributed by atoms with E-state index < -0.39 is 14.1 Å². The highest BCUT2D eigenvalue weighted by Crippen LogP contribution is 2.44. The van der Waals surface area contributed by atoms with Crippen molar-refractivity contribution in [3.63, 3.8) is 0 Å². The average Bonchev–Trinajstić information content (AvgIpc) is 3.30. The first-order valence-corrected chi connectivity index (χ1v) is 17.2. The van der Waals surface area contributed by atoms with E-state index >= 15 is 0 Å². The topological polar surface area (TPSA) is 77.5 Å². The third kappa shape index (κ3) is 5.57. The largest absolute Gasteiger partial charge is 0.497 e. The van der Waals surface area contributed by atoms with Crippen LogP contribution >= 0.6 is 0 Å². The zero-order valence-corrected chi connectivity index (χ0v) is 24.7. The minimum Gasteiger partial charge on any atom is -0.497 e. The highest BCUT2D eigenvalue weighted by molar-refractivity contribution is 6.76. The molecule has 2 aliphatic rings. The third-order valence-corrected chi connectivity index (χ3v) is 9.01. The molecule has 2 heterocycles. The molecule has 210 valence electrons. The van der Waals surface area contributed by atoms with Gasteiger partial charge in [-0.05, 0) is 29.3 Å². The van der Waals surface area contributed by atoms with E-state index in [4.69, 9.17) is 18.9 Å². The summed E-state index contributed by atoms with van der Waals surface area (Å²) in [5, 5.41) is 0. The summed E-state index contributed by atoms with van der Waals surface area (Å²) in [6.45, 7) is 7.75. The lowest BCUT2D eigenvalue weighted by atomic mass is 10.1. The van der Waals surface area contributed by atoms with Crippen molar-refractivity contribution in [2.45, 2.75) is 44.8 Å². The Bertz CT molecular complexity index is 1400. The molecule has 0 radical (unpaired) electrons. The molecule has 0 spiro atoms. The summed E-state index contributed by atoms with van der Waals surface area (Å²) in [7, 11) is 1.79. The molecular weight excluding hydrogens is 524 g/mol. The summed E-state index contributed by atoms with van der Waals surface area (Å²) in [4.78, 5) is 31.5. The van der Waals surface area contributed by atoms with Gasteiger partial charge in [0.25, 0.3) is 11.8 Å². The minimum atomic E-state index is -1.33. The number of fused-ring (bicyclic) bond motifs is 4. The molecule has 1 atom stereocenters. The van der Waals surface area contributed by atoms with Crippen LogP contribution in [0.25, 0.3) is 0 Å². The molecule has 5 rings (SSSR count). The van der Waals surface area contributed by atoms with Crippen LogP contribution in [-0.4, -0.2) is 53.5 Å². The predicted molar refractivity (Wildman–Crippen MR) is 158 cm³/mol. The fourth-order valence-electron chi connectivity index (χ4n) is 5.03. The number of nitrogens with zero attached hydrogens (tertiary/aromatic N) is 2. The van der Waals surface area contributed by atoms with Crippen molar-refractivity contribution in [3.05, 3.63) is 77.4 Å². The Morgan fingerprint density at radius 2 is 1.68 bits per heavy atom. The van der Waals surface area contributed by atoms with Gasteiger partial charge in [0, 0.05) is 33.2 Å². The number of carbonyl (C=O) groups is 2. The highest BCUT2D eigenvalue weighted by atomic mass is 28.3. The Morgan fingerprint density at radius 3 is 2.38 bits per heavy atom. The maximum atomic E-state index is 14.2. The van der Waals surface area contributed by atoms with Crippen molar-refractivity contribution in [1.29, 1.82) is 0 Å². The molecule has 9 heteroatoms. The lowest BCUT2D eigenvalue weighted by molar-refractivity contribution is -0.120. The maximum Gasteiger partial charge on any atom is 0.261 e. The molecule has 0 aromatic heterocycles. The van der Waals surface area contributed by atoms with Crippen molar-refractivity contribution in [3.8, 4) is 17.2 Å². The van der Waals surface area contributed by atoms with Crippen molar-refractivity contribution in [2.24, 2.45) is 0 Å². The van der Waals surface area contributed by atoms with Gasteiger partial charge >= 0.3 is 0 Å². The first kappa shape index (κ1) is 27.7. The SMILES string of the molecule is COc1ccc2c(c1)N1C(=O)c3cc(OC)c(OCc4ccccc4)cc3N(COCC[Si](C)(C)C)C(=O)[C@@H]1C2. The predicted octanol–water partition coefficient (Wildman–Crippen LogP) is 5.51. The highest BCUT2D eigenvalue weighted by Gasteiger charge is 2.45. The third-order valence-electron chi connectivity index (χ3n) is 7.30. The van der Waals surface area contributed by atoms with Crippen LogP contribution in [0.1, 0.15) is 21.5 Å². The number of hydrogen-bond donors (Lipinski definition) is 0. The van der Waals surface area contributed by atoms with Crippen molar-refractivity contribution in [1.82, 2.24) is 0 Å². The lowest BCUT2D eigenvalue weighted by Crippen LogP contribution is -2.47. The second-order valence-corrected chi connectivity index (χ2v) is 16.9. The minimum absolute atomic E-state index is 0.0397. The van der Waals surface area contributed by atoms with Crippen LogP contribution in [0.2, 0.25) is 25.7 Å². The number of amides is 2. The molecule has 3 aromatic rings. The van der Waals surface area contributed by atoms with E-state index in [1.807, 2.05) is 48.5 Å². The normalized spacial score (nSPS) is 16.3. The zero-order valence-electron chi connectivity index (χ0n) is 23.7. The quantitative estimate of drug-likeness (QED) is 0.240. The summed E-state index contributed by atoms with van der Waals surface area (Å²) in [6.07, 6.45) is 0.414. The fourth-order valence-corrected chi connectivity index (χ4v) is 5.79. The van der Waals surface area contributed by atoms with Crippen LogP contribution < -0.4 is 24.0 Å². The van der Waals surface area contributed by atoms with Gasteiger partial charge in [-0.3, -0.25) is 19.4 Å². The Labute approximate surface area is 236 Å². The Hall–Kier alpha value is -3.82. The first-order valence-electron chi connectivity index (χ1n) is 13.5.